The first-order chi connectivity index (χ1) is 16.6. The van der Waals surface area contributed by atoms with E-state index in [1.165, 1.54) is 23.9 Å². The lowest BCUT2D eigenvalue weighted by atomic mass is 10.1. The fourth-order valence-electron chi connectivity index (χ4n) is 3.61. The molecule has 1 amide bonds. The first kappa shape index (κ1) is 21.8. The normalized spacial score (nSPS) is 12.6. The van der Waals surface area contributed by atoms with E-state index in [1.54, 1.807) is 30.3 Å². The van der Waals surface area contributed by atoms with Crippen molar-refractivity contribution in [2.45, 2.75) is 11.6 Å². The van der Waals surface area contributed by atoms with E-state index in [4.69, 9.17) is 4.74 Å². The van der Waals surface area contributed by atoms with Gasteiger partial charge in [0.2, 0.25) is 0 Å². The van der Waals surface area contributed by atoms with Gasteiger partial charge in [-0.05, 0) is 48.0 Å². The van der Waals surface area contributed by atoms with Gasteiger partial charge in [-0.25, -0.2) is 4.39 Å². The molecule has 34 heavy (non-hydrogen) atoms. The molecule has 1 aromatic heterocycles. The molecule has 0 unspecified atom stereocenters. The van der Waals surface area contributed by atoms with Crippen molar-refractivity contribution in [2.24, 2.45) is 0 Å². The standard InChI is InChI=1S/C25H19FN4O3S/c26-18-7-9-19(10-8-18)30-23(12-16-4-2-1-3-5-16)28-29-25(30)34-15-21(31)17-6-11-22-20(13-17)27-24(32)14-33-22/h1-11,13H,12,14-15H2,(H,27,32). The maximum absolute atomic E-state index is 13.5. The average molecular weight is 475 g/mol. The van der Waals surface area contributed by atoms with Crippen molar-refractivity contribution in [3.05, 3.63) is 95.6 Å². The maximum atomic E-state index is 13.5. The van der Waals surface area contributed by atoms with Crippen molar-refractivity contribution in [3.8, 4) is 11.4 Å². The van der Waals surface area contributed by atoms with Gasteiger partial charge < -0.3 is 10.1 Å². The second kappa shape index (κ2) is 9.48. The fourth-order valence-corrected chi connectivity index (χ4v) is 4.47. The first-order valence-corrected chi connectivity index (χ1v) is 11.5. The Hall–Kier alpha value is -3.98. The number of hydrogen-bond acceptors (Lipinski definition) is 6. The zero-order valence-corrected chi connectivity index (χ0v) is 18.7. The van der Waals surface area contributed by atoms with E-state index in [0.717, 1.165) is 5.56 Å². The third-order valence-corrected chi connectivity index (χ3v) is 6.19. The van der Waals surface area contributed by atoms with E-state index in [2.05, 4.69) is 15.5 Å². The van der Waals surface area contributed by atoms with E-state index in [0.29, 0.717) is 40.1 Å². The van der Waals surface area contributed by atoms with Gasteiger partial charge in [0.15, 0.2) is 17.5 Å². The number of thioether (sulfide) groups is 1. The predicted octanol–water partition coefficient (Wildman–Crippen LogP) is 4.30. The number of fused-ring (bicyclic) bond motifs is 1. The number of anilines is 1. The minimum atomic E-state index is -0.339. The molecule has 0 fully saturated rings. The van der Waals surface area contributed by atoms with Crippen LogP contribution in [0.1, 0.15) is 21.7 Å². The topological polar surface area (TPSA) is 86.1 Å². The summed E-state index contributed by atoms with van der Waals surface area (Å²) >= 11 is 1.25. The van der Waals surface area contributed by atoms with Crippen LogP contribution in [0.5, 0.6) is 5.75 Å². The van der Waals surface area contributed by atoms with Gasteiger partial charge in [-0.2, -0.15) is 0 Å². The van der Waals surface area contributed by atoms with Crippen LogP contribution in [0, 0.1) is 5.82 Å². The van der Waals surface area contributed by atoms with Crippen LogP contribution in [0.4, 0.5) is 10.1 Å². The van der Waals surface area contributed by atoms with E-state index in [-0.39, 0.29) is 29.9 Å². The van der Waals surface area contributed by atoms with Gasteiger partial charge in [0.25, 0.3) is 5.91 Å². The summed E-state index contributed by atoms with van der Waals surface area (Å²) in [5, 5.41) is 11.9. The molecule has 0 saturated heterocycles. The average Bonchev–Trinajstić information content (AvgIpc) is 3.25. The molecule has 5 rings (SSSR count). The highest BCUT2D eigenvalue weighted by Crippen LogP contribution is 2.30. The van der Waals surface area contributed by atoms with E-state index in [1.807, 2.05) is 34.9 Å². The molecule has 9 heteroatoms. The number of ketones is 1. The van der Waals surface area contributed by atoms with Crippen LogP contribution in [-0.4, -0.2) is 38.8 Å². The number of nitrogens with zero attached hydrogens (tertiary/aromatic N) is 3. The van der Waals surface area contributed by atoms with E-state index >= 15 is 0 Å². The number of rotatable bonds is 7. The number of nitrogens with one attached hydrogen (secondary N) is 1. The molecule has 2 heterocycles. The highest BCUT2D eigenvalue weighted by atomic mass is 32.2. The molecule has 0 aliphatic carbocycles. The van der Waals surface area contributed by atoms with Gasteiger partial charge >= 0.3 is 0 Å². The van der Waals surface area contributed by atoms with Gasteiger partial charge in [0, 0.05) is 17.7 Å². The van der Waals surface area contributed by atoms with Gasteiger partial charge in [-0.15, -0.1) is 10.2 Å². The number of halogens is 1. The molecule has 0 spiro atoms. The minimum absolute atomic E-state index is 0.0412. The second-order valence-electron chi connectivity index (χ2n) is 7.63. The number of carbonyl (C=O) groups excluding carboxylic acids is 2. The lowest BCUT2D eigenvalue weighted by Crippen LogP contribution is -2.25. The zero-order valence-electron chi connectivity index (χ0n) is 17.9. The summed E-state index contributed by atoms with van der Waals surface area (Å²) in [6, 6.07) is 20.9. The molecule has 0 saturated carbocycles. The minimum Gasteiger partial charge on any atom is -0.482 e. The summed E-state index contributed by atoms with van der Waals surface area (Å²) in [4.78, 5) is 24.5. The highest BCUT2D eigenvalue weighted by molar-refractivity contribution is 7.99. The van der Waals surface area contributed by atoms with E-state index in [9.17, 15) is 14.0 Å². The molecule has 0 bridgehead atoms. The van der Waals surface area contributed by atoms with Crippen LogP contribution in [0.2, 0.25) is 0 Å². The summed E-state index contributed by atoms with van der Waals surface area (Å²) in [7, 11) is 0. The molecule has 4 aromatic rings. The summed E-state index contributed by atoms with van der Waals surface area (Å²) in [5.74, 6) is 0.593. The van der Waals surface area contributed by atoms with Gasteiger partial charge in [0.1, 0.15) is 17.4 Å². The summed E-state index contributed by atoms with van der Waals surface area (Å²) in [6.45, 7) is -0.0412. The van der Waals surface area contributed by atoms with Gasteiger partial charge in [-0.1, -0.05) is 42.1 Å². The number of benzene rings is 3. The molecule has 0 radical (unpaired) electrons. The van der Waals surface area contributed by atoms with Crippen molar-refractivity contribution in [3.63, 3.8) is 0 Å². The van der Waals surface area contributed by atoms with Gasteiger partial charge in [0.05, 0.1) is 11.4 Å². The number of Topliss-reactive ketones (excluding diaryl/α,β-unsaturated/α-hetero) is 1. The fraction of sp³-hybridized carbons (Fsp3) is 0.120. The van der Waals surface area contributed by atoms with Crippen molar-refractivity contribution < 1.29 is 18.7 Å². The molecule has 3 aromatic carbocycles. The van der Waals surface area contributed by atoms with Crippen LogP contribution in [0.3, 0.4) is 0 Å². The molecular weight excluding hydrogens is 455 g/mol. The number of ether oxygens (including phenoxy) is 1. The lowest BCUT2D eigenvalue weighted by molar-refractivity contribution is -0.118. The van der Waals surface area contributed by atoms with E-state index < -0.39 is 0 Å². The summed E-state index contributed by atoms with van der Waals surface area (Å²) < 4.78 is 20.7. The smallest absolute Gasteiger partial charge is 0.262 e. The molecule has 1 N–H and O–H groups in total. The third kappa shape index (κ3) is 4.69. The number of aromatic nitrogens is 3. The van der Waals surface area contributed by atoms with Crippen molar-refractivity contribution >= 4 is 29.1 Å². The number of carbonyl (C=O) groups is 2. The lowest BCUT2D eigenvalue weighted by Gasteiger charge is -2.18. The SMILES string of the molecule is O=C1COc2ccc(C(=O)CSc3nnc(Cc4ccccc4)n3-c3ccc(F)cc3)cc2N1. The molecule has 7 nitrogen and oxygen atoms in total. The monoisotopic (exact) mass is 474 g/mol. The van der Waals surface area contributed by atoms with Gasteiger partial charge in [-0.3, -0.25) is 14.2 Å². The Morgan fingerprint density at radius 3 is 2.65 bits per heavy atom. The van der Waals surface area contributed by atoms with Crippen LogP contribution in [0.25, 0.3) is 5.69 Å². The molecule has 170 valence electrons. The second-order valence-corrected chi connectivity index (χ2v) is 8.58. The molecular formula is C25H19FN4O3S. The Morgan fingerprint density at radius 2 is 1.85 bits per heavy atom. The number of amides is 1. The zero-order chi connectivity index (χ0) is 23.5. The predicted molar refractivity (Wildman–Crippen MR) is 126 cm³/mol. The number of hydrogen-bond donors (Lipinski definition) is 1. The maximum Gasteiger partial charge on any atom is 0.262 e. The Bertz CT molecular complexity index is 1360. The first-order valence-electron chi connectivity index (χ1n) is 10.5. The summed E-state index contributed by atoms with van der Waals surface area (Å²) in [6.07, 6.45) is 0.532. The Balaban J connectivity index is 1.39. The Kier molecular flexibility index (Phi) is 6.09. The molecule has 0 atom stereocenters. The Labute approximate surface area is 199 Å². The van der Waals surface area contributed by atoms with Crippen molar-refractivity contribution in [2.75, 3.05) is 17.7 Å². The van der Waals surface area contributed by atoms with Crippen LogP contribution in [0.15, 0.2) is 78.0 Å². The van der Waals surface area contributed by atoms with Crippen LogP contribution in [-0.2, 0) is 11.2 Å². The largest absolute Gasteiger partial charge is 0.482 e. The molecule has 1 aliphatic heterocycles. The third-order valence-electron chi connectivity index (χ3n) is 5.26. The highest BCUT2D eigenvalue weighted by Gasteiger charge is 2.20. The quantitative estimate of drug-likeness (QED) is 0.318. The molecule has 1 aliphatic rings. The Morgan fingerprint density at radius 1 is 1.06 bits per heavy atom. The van der Waals surface area contributed by atoms with Crippen LogP contribution < -0.4 is 10.1 Å². The summed E-state index contributed by atoms with van der Waals surface area (Å²) in [5.41, 5.74) is 2.70. The van der Waals surface area contributed by atoms with Crippen molar-refractivity contribution in [1.29, 1.82) is 0 Å². The van der Waals surface area contributed by atoms with Crippen LogP contribution >= 0.6 is 11.8 Å². The van der Waals surface area contributed by atoms with Crippen molar-refractivity contribution in [1.82, 2.24) is 14.8 Å².